The second-order valence-electron chi connectivity index (χ2n) is 4.54. The summed E-state index contributed by atoms with van der Waals surface area (Å²) in [7, 11) is 0. The average molecular weight is 292 g/mol. The van der Waals surface area contributed by atoms with Gasteiger partial charge < -0.3 is 10.1 Å². The predicted molar refractivity (Wildman–Crippen MR) is 80.3 cm³/mol. The van der Waals surface area contributed by atoms with Gasteiger partial charge in [-0.05, 0) is 32.0 Å². The molecule has 0 aromatic carbocycles. The zero-order valence-electron chi connectivity index (χ0n) is 11.6. The summed E-state index contributed by atoms with van der Waals surface area (Å²) in [5.74, 6) is 1.27. The van der Waals surface area contributed by atoms with Crippen molar-refractivity contribution in [2.24, 2.45) is 0 Å². The van der Waals surface area contributed by atoms with E-state index in [4.69, 9.17) is 16.3 Å². The van der Waals surface area contributed by atoms with E-state index in [0.717, 1.165) is 18.7 Å². The Labute approximate surface area is 124 Å². The molecule has 0 spiro atoms. The van der Waals surface area contributed by atoms with Gasteiger partial charge in [-0.3, -0.25) is 9.97 Å². The molecule has 106 valence electrons. The van der Waals surface area contributed by atoms with Crippen LogP contribution in [0, 0.1) is 0 Å². The fourth-order valence-electron chi connectivity index (χ4n) is 1.76. The van der Waals surface area contributed by atoms with Crippen molar-refractivity contribution in [3.8, 4) is 11.5 Å². The molecule has 5 heteroatoms. The number of ether oxygens (including phenoxy) is 1. The van der Waals surface area contributed by atoms with E-state index in [-0.39, 0.29) is 6.04 Å². The van der Waals surface area contributed by atoms with Crippen molar-refractivity contribution in [2.75, 3.05) is 6.54 Å². The van der Waals surface area contributed by atoms with Gasteiger partial charge in [-0.1, -0.05) is 18.5 Å². The van der Waals surface area contributed by atoms with E-state index < -0.39 is 0 Å². The zero-order valence-corrected chi connectivity index (χ0v) is 12.4. The number of nitrogens with zero attached hydrogens (tertiary/aromatic N) is 2. The summed E-state index contributed by atoms with van der Waals surface area (Å²) >= 11 is 5.86. The maximum atomic E-state index is 5.86. The van der Waals surface area contributed by atoms with Crippen molar-refractivity contribution in [3.63, 3.8) is 0 Å². The summed E-state index contributed by atoms with van der Waals surface area (Å²) in [6.45, 7) is 5.22. The van der Waals surface area contributed by atoms with Crippen LogP contribution in [-0.2, 0) is 0 Å². The molecule has 0 aliphatic heterocycles. The van der Waals surface area contributed by atoms with Gasteiger partial charge in [0.25, 0.3) is 0 Å². The SMILES string of the molecule is CCCNC(C)c1ccc(Oc2cncc(Cl)c2)cn1. The molecule has 1 N–H and O–H groups in total. The predicted octanol–water partition coefficient (Wildman–Crippen LogP) is 3.98. The molecule has 2 rings (SSSR count). The Hall–Kier alpha value is -1.65. The van der Waals surface area contributed by atoms with Crippen LogP contribution in [0.25, 0.3) is 0 Å². The minimum Gasteiger partial charge on any atom is -0.454 e. The van der Waals surface area contributed by atoms with Crippen molar-refractivity contribution in [1.82, 2.24) is 15.3 Å². The number of pyridine rings is 2. The first-order valence-corrected chi connectivity index (χ1v) is 7.04. The van der Waals surface area contributed by atoms with Gasteiger partial charge in [-0.15, -0.1) is 0 Å². The van der Waals surface area contributed by atoms with Gasteiger partial charge >= 0.3 is 0 Å². The molecule has 0 radical (unpaired) electrons. The maximum absolute atomic E-state index is 5.86. The Kier molecular flexibility index (Phi) is 5.32. The van der Waals surface area contributed by atoms with Crippen LogP contribution in [0.2, 0.25) is 5.02 Å². The monoisotopic (exact) mass is 291 g/mol. The van der Waals surface area contributed by atoms with E-state index in [2.05, 4.69) is 29.1 Å². The molecule has 0 saturated heterocycles. The first-order chi connectivity index (χ1) is 9.69. The lowest BCUT2D eigenvalue weighted by Gasteiger charge is -2.13. The summed E-state index contributed by atoms with van der Waals surface area (Å²) in [5, 5.41) is 3.94. The Morgan fingerprint density at radius 2 is 2.10 bits per heavy atom. The summed E-state index contributed by atoms with van der Waals surface area (Å²) in [6, 6.07) is 5.80. The highest BCUT2D eigenvalue weighted by molar-refractivity contribution is 6.30. The topological polar surface area (TPSA) is 47.0 Å². The van der Waals surface area contributed by atoms with E-state index in [0.29, 0.717) is 16.5 Å². The van der Waals surface area contributed by atoms with Crippen molar-refractivity contribution in [3.05, 3.63) is 47.5 Å². The molecule has 0 fully saturated rings. The summed E-state index contributed by atoms with van der Waals surface area (Å²) in [5.41, 5.74) is 0.995. The molecule has 1 unspecified atom stereocenters. The molecule has 0 amide bonds. The standard InChI is InChI=1S/C15H18ClN3O/c1-3-6-18-11(2)15-5-4-13(10-19-15)20-14-7-12(16)8-17-9-14/h4-5,7-11,18H,3,6H2,1-2H3. The number of hydrogen-bond donors (Lipinski definition) is 1. The molecule has 2 aromatic rings. The highest BCUT2D eigenvalue weighted by Crippen LogP contribution is 2.23. The van der Waals surface area contributed by atoms with Crippen molar-refractivity contribution in [2.45, 2.75) is 26.3 Å². The molecule has 0 aliphatic rings. The number of nitrogens with one attached hydrogen (secondary N) is 1. The third kappa shape index (κ3) is 4.18. The van der Waals surface area contributed by atoms with Gasteiger partial charge in [-0.25, -0.2) is 0 Å². The molecule has 0 saturated carbocycles. The Morgan fingerprint density at radius 3 is 2.75 bits per heavy atom. The Balaban J connectivity index is 2.01. The molecule has 0 bridgehead atoms. The van der Waals surface area contributed by atoms with E-state index in [1.165, 1.54) is 0 Å². The third-order valence-electron chi connectivity index (χ3n) is 2.82. The first-order valence-electron chi connectivity index (χ1n) is 6.66. The average Bonchev–Trinajstić information content (AvgIpc) is 2.45. The number of aromatic nitrogens is 2. The molecular formula is C15H18ClN3O. The van der Waals surface area contributed by atoms with Crippen molar-refractivity contribution in [1.29, 1.82) is 0 Å². The van der Waals surface area contributed by atoms with Crippen LogP contribution >= 0.6 is 11.6 Å². The zero-order chi connectivity index (χ0) is 14.4. The maximum Gasteiger partial charge on any atom is 0.147 e. The second-order valence-corrected chi connectivity index (χ2v) is 4.97. The van der Waals surface area contributed by atoms with Crippen LogP contribution in [0.1, 0.15) is 32.0 Å². The Morgan fingerprint density at radius 1 is 1.25 bits per heavy atom. The number of rotatable bonds is 6. The summed E-state index contributed by atoms with van der Waals surface area (Å²) in [4.78, 5) is 8.38. The van der Waals surface area contributed by atoms with E-state index >= 15 is 0 Å². The van der Waals surface area contributed by atoms with E-state index in [9.17, 15) is 0 Å². The molecule has 2 aromatic heterocycles. The molecular weight excluding hydrogens is 274 g/mol. The van der Waals surface area contributed by atoms with E-state index in [1.807, 2.05) is 12.1 Å². The molecule has 4 nitrogen and oxygen atoms in total. The lowest BCUT2D eigenvalue weighted by atomic mass is 10.2. The quantitative estimate of drug-likeness (QED) is 0.874. The molecule has 2 heterocycles. The largest absolute Gasteiger partial charge is 0.454 e. The molecule has 0 aliphatic carbocycles. The van der Waals surface area contributed by atoms with E-state index in [1.54, 1.807) is 24.7 Å². The minimum atomic E-state index is 0.233. The van der Waals surface area contributed by atoms with Gasteiger partial charge in [0, 0.05) is 18.3 Å². The third-order valence-corrected chi connectivity index (χ3v) is 3.03. The van der Waals surface area contributed by atoms with Gasteiger partial charge in [0.05, 0.1) is 23.1 Å². The summed E-state index contributed by atoms with van der Waals surface area (Å²) < 4.78 is 5.65. The van der Waals surface area contributed by atoms with Crippen molar-refractivity contribution >= 4 is 11.6 Å². The van der Waals surface area contributed by atoms with Crippen LogP contribution in [0.3, 0.4) is 0 Å². The smallest absolute Gasteiger partial charge is 0.147 e. The lowest BCUT2D eigenvalue weighted by molar-refractivity contribution is 0.475. The Bertz CT molecular complexity index is 545. The fourth-order valence-corrected chi connectivity index (χ4v) is 1.92. The number of hydrogen-bond acceptors (Lipinski definition) is 4. The van der Waals surface area contributed by atoms with Crippen LogP contribution in [0.5, 0.6) is 11.5 Å². The van der Waals surface area contributed by atoms with Crippen LogP contribution in [-0.4, -0.2) is 16.5 Å². The fraction of sp³-hybridized carbons (Fsp3) is 0.333. The van der Waals surface area contributed by atoms with Crippen LogP contribution in [0.4, 0.5) is 0 Å². The molecule has 1 atom stereocenters. The van der Waals surface area contributed by atoms with Crippen LogP contribution < -0.4 is 10.1 Å². The molecule has 20 heavy (non-hydrogen) atoms. The normalized spacial score (nSPS) is 12.2. The van der Waals surface area contributed by atoms with Gasteiger partial charge in [0.15, 0.2) is 0 Å². The summed E-state index contributed by atoms with van der Waals surface area (Å²) in [6.07, 6.45) is 6.00. The highest BCUT2D eigenvalue weighted by atomic mass is 35.5. The first kappa shape index (κ1) is 14.8. The highest BCUT2D eigenvalue weighted by Gasteiger charge is 2.06. The van der Waals surface area contributed by atoms with Gasteiger partial charge in [-0.2, -0.15) is 0 Å². The van der Waals surface area contributed by atoms with Crippen molar-refractivity contribution < 1.29 is 4.74 Å². The minimum absolute atomic E-state index is 0.233. The lowest BCUT2D eigenvalue weighted by Crippen LogP contribution is -2.20. The number of halogens is 1. The van der Waals surface area contributed by atoms with Gasteiger partial charge in [0.2, 0.25) is 0 Å². The van der Waals surface area contributed by atoms with Gasteiger partial charge in [0.1, 0.15) is 11.5 Å². The second kappa shape index (κ2) is 7.22. The van der Waals surface area contributed by atoms with Crippen LogP contribution in [0.15, 0.2) is 36.8 Å².